The van der Waals surface area contributed by atoms with Crippen LogP contribution >= 0.6 is 15.9 Å². The van der Waals surface area contributed by atoms with Crippen molar-refractivity contribution in [2.75, 3.05) is 42.0 Å². The van der Waals surface area contributed by atoms with E-state index in [0.29, 0.717) is 29.4 Å². The van der Waals surface area contributed by atoms with E-state index in [1.165, 1.54) is 7.11 Å². The number of nitrogens with zero attached hydrogens (tertiary/aromatic N) is 1. The fourth-order valence-electron chi connectivity index (χ4n) is 5.40. The number of likely N-dealkylation sites (tertiary alicyclic amines) is 1. The first-order valence-corrected chi connectivity index (χ1v) is 9.92. The maximum Gasteiger partial charge on any atom is 0.202 e. The highest BCUT2D eigenvalue weighted by molar-refractivity contribution is 9.10. The molecular weight excluding hydrogens is 426 g/mol. The van der Waals surface area contributed by atoms with Gasteiger partial charge in [-0.2, -0.15) is 0 Å². The lowest BCUT2D eigenvalue weighted by atomic mass is 9.56. The van der Waals surface area contributed by atoms with E-state index in [4.69, 9.17) is 18.9 Å². The number of likely N-dealkylation sites (N-methyl/N-ethyl adjacent to an activating group) is 1. The van der Waals surface area contributed by atoms with Gasteiger partial charge in [0.2, 0.25) is 11.5 Å². The topological polar surface area (TPSA) is 57.2 Å². The van der Waals surface area contributed by atoms with E-state index in [0.717, 1.165) is 28.6 Å². The van der Waals surface area contributed by atoms with Crippen LogP contribution < -0.4 is 9.47 Å². The minimum absolute atomic E-state index is 0.0625. The Labute approximate surface area is 173 Å². The molecule has 2 aliphatic carbocycles. The minimum atomic E-state index is -0.632. The van der Waals surface area contributed by atoms with Crippen LogP contribution in [0.5, 0.6) is 11.5 Å². The molecule has 3 aliphatic rings. The van der Waals surface area contributed by atoms with E-state index in [1.807, 2.05) is 6.07 Å². The van der Waals surface area contributed by atoms with E-state index < -0.39 is 11.0 Å². The quantitative estimate of drug-likeness (QED) is 0.702. The normalized spacial score (nSPS) is 28.6. The Morgan fingerprint density at radius 3 is 2.46 bits per heavy atom. The third-order valence-electron chi connectivity index (χ3n) is 6.51. The Bertz CT molecular complexity index is 924. The van der Waals surface area contributed by atoms with Gasteiger partial charge in [0.1, 0.15) is 5.54 Å². The summed E-state index contributed by atoms with van der Waals surface area (Å²) in [5.74, 6) is 2.07. The molecule has 7 heteroatoms. The first kappa shape index (κ1) is 19.3. The second kappa shape index (κ2) is 6.52. The average Bonchev–Trinajstić information content (AvgIpc) is 2.99. The van der Waals surface area contributed by atoms with E-state index >= 15 is 0 Å². The Balaban J connectivity index is 2.15. The number of hydrogen-bond acceptors (Lipinski definition) is 6. The van der Waals surface area contributed by atoms with Gasteiger partial charge in [0.05, 0.1) is 28.4 Å². The number of fused-ring (bicyclic) bond motifs is 1. The fourth-order valence-corrected chi connectivity index (χ4v) is 5.94. The highest BCUT2D eigenvalue weighted by Crippen LogP contribution is 2.63. The third kappa shape index (κ3) is 2.09. The van der Waals surface area contributed by atoms with Crippen molar-refractivity contribution in [2.45, 2.75) is 23.8 Å². The molecule has 0 radical (unpaired) electrons. The number of allylic oxidation sites excluding steroid dienone is 1. The molecule has 1 saturated heterocycles. The summed E-state index contributed by atoms with van der Waals surface area (Å²) in [5, 5.41) is 0. The highest BCUT2D eigenvalue weighted by atomic mass is 79.9. The first-order chi connectivity index (χ1) is 13.4. The zero-order chi connectivity index (χ0) is 20.3. The van der Waals surface area contributed by atoms with Gasteiger partial charge in [-0.15, -0.1) is 0 Å². The van der Waals surface area contributed by atoms with Gasteiger partial charge in [0.25, 0.3) is 0 Å². The number of Topliss-reactive ketones (excluding diaryl/α,β-unsaturated/α-hetero) is 1. The van der Waals surface area contributed by atoms with Crippen LogP contribution in [0, 0.1) is 0 Å². The summed E-state index contributed by atoms with van der Waals surface area (Å²) in [6, 6.07) is 1.91. The molecule has 0 bridgehead atoms. The molecule has 0 amide bonds. The molecule has 1 aromatic carbocycles. The lowest BCUT2D eigenvalue weighted by Gasteiger charge is -2.52. The van der Waals surface area contributed by atoms with Crippen LogP contribution in [0.4, 0.5) is 0 Å². The number of carbonyl (C=O) groups excluding carboxylic acids is 1. The molecule has 1 aliphatic heterocycles. The number of ether oxygens (including phenoxy) is 4. The van der Waals surface area contributed by atoms with Gasteiger partial charge >= 0.3 is 0 Å². The minimum Gasteiger partial charge on any atom is -0.495 e. The zero-order valence-electron chi connectivity index (χ0n) is 16.7. The van der Waals surface area contributed by atoms with Crippen LogP contribution in [-0.4, -0.2) is 58.3 Å². The molecule has 0 N–H and O–H groups in total. The standard InChI is InChI=1S/C21H24BrNO5/c1-23-9-8-20-11-14(24)17(26-3)19(28-5)21(20,23)7-6-12-13(22)10-15(25-2)18(27-4)16(12)20/h6-7,10H,8-9,11H2,1-5H3/t20-,21+/m0/s1. The molecule has 0 aromatic heterocycles. The molecule has 4 rings (SSSR count). The Morgan fingerprint density at radius 1 is 1.11 bits per heavy atom. The second-order valence-corrected chi connectivity index (χ2v) is 8.26. The predicted molar refractivity (Wildman–Crippen MR) is 109 cm³/mol. The summed E-state index contributed by atoms with van der Waals surface area (Å²) in [6.07, 6.45) is 5.31. The molecule has 0 unspecified atom stereocenters. The molecule has 6 nitrogen and oxygen atoms in total. The monoisotopic (exact) mass is 449 g/mol. The van der Waals surface area contributed by atoms with Crippen LogP contribution in [0.25, 0.3) is 6.08 Å². The van der Waals surface area contributed by atoms with Crippen molar-refractivity contribution in [3.63, 3.8) is 0 Å². The third-order valence-corrected chi connectivity index (χ3v) is 7.17. The van der Waals surface area contributed by atoms with Gasteiger partial charge < -0.3 is 18.9 Å². The molecule has 150 valence electrons. The van der Waals surface area contributed by atoms with Gasteiger partial charge in [0.15, 0.2) is 17.3 Å². The maximum absolute atomic E-state index is 13.1. The largest absolute Gasteiger partial charge is 0.495 e. The number of carbonyl (C=O) groups is 1. The van der Waals surface area contributed by atoms with Crippen LogP contribution in [0.2, 0.25) is 0 Å². The predicted octanol–water partition coefficient (Wildman–Crippen LogP) is 3.28. The van der Waals surface area contributed by atoms with E-state index in [9.17, 15) is 4.79 Å². The molecular formula is C21H24BrNO5. The fraction of sp³-hybridized carbons (Fsp3) is 0.476. The van der Waals surface area contributed by atoms with Gasteiger partial charge in [-0.25, -0.2) is 0 Å². The number of methoxy groups -OCH3 is 4. The van der Waals surface area contributed by atoms with Crippen molar-refractivity contribution in [3.05, 3.63) is 39.3 Å². The number of benzene rings is 1. The van der Waals surface area contributed by atoms with Gasteiger partial charge in [-0.3, -0.25) is 9.69 Å². The number of rotatable bonds is 4. The van der Waals surface area contributed by atoms with Crippen LogP contribution in [0.3, 0.4) is 0 Å². The van der Waals surface area contributed by atoms with Crippen molar-refractivity contribution in [1.29, 1.82) is 0 Å². The second-order valence-electron chi connectivity index (χ2n) is 7.40. The number of ketones is 1. The molecule has 28 heavy (non-hydrogen) atoms. The van der Waals surface area contributed by atoms with E-state index in [2.05, 4.69) is 40.0 Å². The first-order valence-electron chi connectivity index (χ1n) is 9.13. The number of halogens is 1. The summed E-state index contributed by atoms with van der Waals surface area (Å²) in [6.45, 7) is 0.804. The van der Waals surface area contributed by atoms with Gasteiger partial charge in [-0.05, 0) is 25.1 Å². The molecule has 1 aromatic rings. The van der Waals surface area contributed by atoms with E-state index in [1.54, 1.807) is 21.3 Å². The van der Waals surface area contributed by atoms with Gasteiger partial charge in [-0.1, -0.05) is 28.1 Å². The van der Waals surface area contributed by atoms with Crippen molar-refractivity contribution in [2.24, 2.45) is 0 Å². The Kier molecular flexibility index (Phi) is 4.50. The lowest BCUT2D eigenvalue weighted by molar-refractivity contribution is -0.123. The van der Waals surface area contributed by atoms with Crippen molar-refractivity contribution >= 4 is 27.8 Å². The van der Waals surface area contributed by atoms with Gasteiger partial charge in [0, 0.05) is 28.4 Å². The summed E-state index contributed by atoms with van der Waals surface area (Å²) >= 11 is 3.68. The van der Waals surface area contributed by atoms with Crippen LogP contribution in [-0.2, 0) is 19.7 Å². The average molecular weight is 450 g/mol. The Morgan fingerprint density at radius 2 is 1.86 bits per heavy atom. The van der Waals surface area contributed by atoms with Crippen molar-refractivity contribution in [1.82, 2.24) is 4.90 Å². The summed E-state index contributed by atoms with van der Waals surface area (Å²) < 4.78 is 23.7. The molecule has 0 spiro atoms. The van der Waals surface area contributed by atoms with Crippen LogP contribution in [0.1, 0.15) is 24.0 Å². The van der Waals surface area contributed by atoms with Crippen molar-refractivity contribution in [3.8, 4) is 11.5 Å². The molecule has 1 fully saturated rings. The molecule has 1 heterocycles. The Hall–Kier alpha value is -1.99. The smallest absolute Gasteiger partial charge is 0.202 e. The SMILES string of the molecule is COC1=C(OC)[C@]23C=Cc4c(Br)cc(OC)c(OC)c4[C@]2(CCN3C)CC1=O. The summed E-state index contributed by atoms with van der Waals surface area (Å²) in [7, 11) is 8.43. The van der Waals surface area contributed by atoms with Crippen LogP contribution in [0.15, 0.2) is 28.1 Å². The number of hydrogen-bond donors (Lipinski definition) is 0. The maximum atomic E-state index is 13.1. The molecule has 2 atom stereocenters. The summed E-state index contributed by atoms with van der Waals surface area (Å²) in [4.78, 5) is 15.4. The van der Waals surface area contributed by atoms with E-state index in [-0.39, 0.29) is 5.78 Å². The zero-order valence-corrected chi connectivity index (χ0v) is 18.3. The highest BCUT2D eigenvalue weighted by Gasteiger charge is 2.67. The molecule has 0 saturated carbocycles. The summed E-state index contributed by atoms with van der Waals surface area (Å²) in [5.41, 5.74) is 0.810. The van der Waals surface area contributed by atoms with Crippen molar-refractivity contribution < 1.29 is 23.7 Å². The lowest BCUT2D eigenvalue weighted by Crippen LogP contribution is -2.60.